The highest BCUT2D eigenvalue weighted by Crippen LogP contribution is 2.67. The summed E-state index contributed by atoms with van der Waals surface area (Å²) in [6.45, 7) is 15.2. The lowest BCUT2D eigenvalue weighted by Gasteiger charge is -2.59. The molecule has 4 aliphatic rings. The van der Waals surface area contributed by atoms with E-state index in [1.807, 2.05) is 0 Å². The third-order valence-electron chi connectivity index (χ3n) is 10.9. The molecule has 4 aliphatic carbocycles. The second kappa shape index (κ2) is 10.2. The first-order valence-electron chi connectivity index (χ1n) is 14.5. The highest BCUT2D eigenvalue weighted by atomic mass is 16.6. The third-order valence-corrected chi connectivity index (χ3v) is 10.9. The molecular weight excluding hydrogens is 436 g/mol. The molecule has 0 amide bonds. The molecule has 0 spiro atoms. The molecule has 35 heavy (non-hydrogen) atoms. The minimum atomic E-state index is -0.429. The monoisotopic (exact) mass is 486 g/mol. The molecular formula is C31H50O4. The molecule has 0 aromatic carbocycles. The second-order valence-corrected chi connectivity index (χ2v) is 13.4. The van der Waals surface area contributed by atoms with E-state index in [2.05, 4.69) is 40.7 Å². The molecule has 0 aliphatic heterocycles. The van der Waals surface area contributed by atoms with Crippen LogP contribution in [0.1, 0.15) is 113 Å². The fourth-order valence-electron chi connectivity index (χ4n) is 9.36. The van der Waals surface area contributed by atoms with Gasteiger partial charge in [-0.25, -0.2) is 0 Å². The summed E-state index contributed by atoms with van der Waals surface area (Å²) in [5.41, 5.74) is 1.72. The van der Waals surface area contributed by atoms with Crippen LogP contribution in [-0.2, 0) is 19.1 Å². The summed E-state index contributed by atoms with van der Waals surface area (Å²) >= 11 is 0. The molecule has 3 fully saturated rings. The molecule has 9 unspecified atom stereocenters. The highest BCUT2D eigenvalue weighted by molar-refractivity contribution is 5.68. The van der Waals surface area contributed by atoms with Crippen molar-refractivity contribution >= 4 is 11.9 Å². The quantitative estimate of drug-likeness (QED) is 0.276. The van der Waals surface area contributed by atoms with Gasteiger partial charge < -0.3 is 9.47 Å². The molecule has 198 valence electrons. The lowest BCUT2D eigenvalue weighted by atomic mass is 9.46. The fraction of sp³-hybridized carbons (Fsp3) is 0.871. The van der Waals surface area contributed by atoms with Gasteiger partial charge in [-0.3, -0.25) is 9.59 Å². The molecule has 4 heteroatoms. The van der Waals surface area contributed by atoms with Crippen LogP contribution in [0.5, 0.6) is 0 Å². The molecule has 4 nitrogen and oxygen atoms in total. The van der Waals surface area contributed by atoms with Gasteiger partial charge in [0.05, 0.1) is 0 Å². The first kappa shape index (κ1) is 26.7. The average molecular weight is 487 g/mol. The molecule has 0 heterocycles. The summed E-state index contributed by atoms with van der Waals surface area (Å²) in [4.78, 5) is 23.8. The number of carbonyl (C=O) groups is 2. The van der Waals surface area contributed by atoms with Gasteiger partial charge >= 0.3 is 11.9 Å². The van der Waals surface area contributed by atoms with Gasteiger partial charge in [0.15, 0.2) is 6.10 Å². The molecule has 0 aromatic heterocycles. The largest absolute Gasteiger partial charge is 0.458 e. The topological polar surface area (TPSA) is 52.6 Å². The van der Waals surface area contributed by atoms with Crippen molar-refractivity contribution in [2.45, 2.75) is 125 Å². The van der Waals surface area contributed by atoms with Crippen molar-refractivity contribution in [3.63, 3.8) is 0 Å². The van der Waals surface area contributed by atoms with Gasteiger partial charge in [0.2, 0.25) is 0 Å². The van der Waals surface area contributed by atoms with Crippen LogP contribution in [0, 0.1) is 46.3 Å². The van der Waals surface area contributed by atoms with Crippen LogP contribution < -0.4 is 0 Å². The Bertz CT molecular complexity index is 830. The summed E-state index contributed by atoms with van der Waals surface area (Å²) in [6, 6.07) is 0. The van der Waals surface area contributed by atoms with E-state index in [1.54, 1.807) is 0 Å². The Hall–Kier alpha value is -1.32. The van der Waals surface area contributed by atoms with E-state index in [0.717, 1.165) is 48.9 Å². The smallest absolute Gasteiger partial charge is 0.303 e. The summed E-state index contributed by atoms with van der Waals surface area (Å²) in [6.07, 6.45) is 13.9. The lowest BCUT2D eigenvalue weighted by molar-refractivity contribution is -0.170. The van der Waals surface area contributed by atoms with E-state index in [-0.39, 0.29) is 23.5 Å². The zero-order chi connectivity index (χ0) is 25.5. The normalized spacial score (nSPS) is 41.3. The van der Waals surface area contributed by atoms with Gasteiger partial charge in [-0.15, -0.1) is 0 Å². The number of carbonyl (C=O) groups excluding carboxylic acids is 2. The molecule has 3 saturated carbocycles. The molecule has 0 bridgehead atoms. The Labute approximate surface area is 214 Å². The van der Waals surface area contributed by atoms with Gasteiger partial charge in [-0.05, 0) is 96.9 Å². The van der Waals surface area contributed by atoms with Crippen LogP contribution in [0.2, 0.25) is 0 Å². The lowest BCUT2D eigenvalue weighted by Crippen LogP contribution is -2.55. The van der Waals surface area contributed by atoms with Crippen LogP contribution >= 0.6 is 0 Å². The highest BCUT2D eigenvalue weighted by Gasteiger charge is 2.60. The number of ether oxygens (including phenoxy) is 2. The maximum Gasteiger partial charge on any atom is 0.303 e. The maximum absolute atomic E-state index is 12.0. The standard InChI is InChI=1S/C31H50O4/c1-19(2)9-8-10-20(3)24-13-14-25-23-11-12-27-29(35-22(5)33)28(34-21(4)32)16-18-31(27,7)26(23)15-17-30(24,25)6/h12,19-20,23-26,28-29H,8-11,13-18H2,1-7H3. The van der Waals surface area contributed by atoms with Crippen molar-refractivity contribution in [1.82, 2.24) is 0 Å². The van der Waals surface area contributed by atoms with Crippen molar-refractivity contribution < 1.29 is 19.1 Å². The van der Waals surface area contributed by atoms with Crippen molar-refractivity contribution in [2.24, 2.45) is 46.3 Å². The number of hydrogen-bond donors (Lipinski definition) is 0. The van der Waals surface area contributed by atoms with E-state index in [1.165, 1.54) is 64.4 Å². The van der Waals surface area contributed by atoms with E-state index in [4.69, 9.17) is 9.47 Å². The van der Waals surface area contributed by atoms with Crippen molar-refractivity contribution in [2.75, 3.05) is 0 Å². The number of allylic oxidation sites excluding steroid dienone is 1. The van der Waals surface area contributed by atoms with Crippen LogP contribution in [0.25, 0.3) is 0 Å². The number of rotatable bonds is 7. The van der Waals surface area contributed by atoms with Crippen molar-refractivity contribution in [3.05, 3.63) is 11.6 Å². The Morgan fingerprint density at radius 3 is 2.31 bits per heavy atom. The minimum absolute atomic E-state index is 0.0297. The summed E-state index contributed by atoms with van der Waals surface area (Å²) < 4.78 is 11.5. The fourth-order valence-corrected chi connectivity index (χ4v) is 9.36. The first-order chi connectivity index (χ1) is 16.5. The van der Waals surface area contributed by atoms with E-state index in [0.29, 0.717) is 11.3 Å². The average Bonchev–Trinajstić information content (AvgIpc) is 3.12. The third kappa shape index (κ3) is 4.97. The maximum atomic E-state index is 12.0. The molecule has 9 atom stereocenters. The summed E-state index contributed by atoms with van der Waals surface area (Å²) in [5, 5.41) is 0. The minimum Gasteiger partial charge on any atom is -0.458 e. The zero-order valence-electron chi connectivity index (χ0n) is 23.4. The van der Waals surface area contributed by atoms with Crippen LogP contribution in [-0.4, -0.2) is 24.1 Å². The SMILES string of the molecule is CC(=O)OC1CCC2(C)C(=CCC3C2CCC2(C)C(C(C)CCCC(C)C)CCC32)C1OC(C)=O. The van der Waals surface area contributed by atoms with Gasteiger partial charge in [-0.1, -0.05) is 60.0 Å². The van der Waals surface area contributed by atoms with Crippen LogP contribution in [0.3, 0.4) is 0 Å². The Balaban J connectivity index is 1.55. The van der Waals surface area contributed by atoms with E-state index < -0.39 is 6.10 Å². The number of fused-ring (bicyclic) bond motifs is 5. The Morgan fingerprint density at radius 2 is 1.66 bits per heavy atom. The zero-order valence-corrected chi connectivity index (χ0v) is 23.4. The first-order valence-corrected chi connectivity index (χ1v) is 14.5. The number of esters is 2. The van der Waals surface area contributed by atoms with Crippen molar-refractivity contribution in [1.29, 1.82) is 0 Å². The number of hydrogen-bond acceptors (Lipinski definition) is 4. The van der Waals surface area contributed by atoms with E-state index >= 15 is 0 Å². The van der Waals surface area contributed by atoms with E-state index in [9.17, 15) is 9.59 Å². The molecule has 0 N–H and O–H groups in total. The van der Waals surface area contributed by atoms with Crippen LogP contribution in [0.4, 0.5) is 0 Å². The predicted octanol–water partition coefficient (Wildman–Crippen LogP) is 7.50. The Morgan fingerprint density at radius 1 is 0.943 bits per heavy atom. The molecule has 0 saturated heterocycles. The molecule has 0 aromatic rings. The Kier molecular flexibility index (Phi) is 7.80. The predicted molar refractivity (Wildman–Crippen MR) is 140 cm³/mol. The summed E-state index contributed by atoms with van der Waals surface area (Å²) in [7, 11) is 0. The van der Waals surface area contributed by atoms with Crippen LogP contribution in [0.15, 0.2) is 11.6 Å². The second-order valence-electron chi connectivity index (χ2n) is 13.4. The molecule has 0 radical (unpaired) electrons. The van der Waals surface area contributed by atoms with Gasteiger partial charge in [0.1, 0.15) is 6.10 Å². The van der Waals surface area contributed by atoms with Gasteiger partial charge in [0.25, 0.3) is 0 Å². The van der Waals surface area contributed by atoms with Gasteiger partial charge in [-0.2, -0.15) is 0 Å². The van der Waals surface area contributed by atoms with Gasteiger partial charge in [0, 0.05) is 13.8 Å². The van der Waals surface area contributed by atoms with Crippen molar-refractivity contribution in [3.8, 4) is 0 Å². The molecule has 4 rings (SSSR count). The summed E-state index contributed by atoms with van der Waals surface area (Å²) in [5.74, 6) is 4.04.